The third-order valence-electron chi connectivity index (χ3n) is 8.60. The number of rotatable bonds is 10. The Labute approximate surface area is 264 Å². The molecule has 2 aliphatic heterocycles. The first kappa shape index (κ1) is 30.4. The highest BCUT2D eigenvalue weighted by Gasteiger charge is 2.24. The van der Waals surface area contributed by atoms with E-state index in [0.29, 0.717) is 23.4 Å². The Hall–Kier alpha value is -4.60. The van der Waals surface area contributed by atoms with Crippen molar-refractivity contribution >= 4 is 39.6 Å². The van der Waals surface area contributed by atoms with E-state index in [1.807, 2.05) is 72.8 Å². The Bertz CT molecular complexity index is 1630. The second-order valence-electron chi connectivity index (χ2n) is 11.5. The topological polar surface area (TPSA) is 86.4 Å². The molecule has 0 aliphatic carbocycles. The highest BCUT2D eigenvalue weighted by molar-refractivity contribution is 6.08. The summed E-state index contributed by atoms with van der Waals surface area (Å²) >= 11 is 0. The van der Waals surface area contributed by atoms with Gasteiger partial charge in [0.15, 0.2) is 0 Å². The number of anilines is 3. The van der Waals surface area contributed by atoms with E-state index in [-0.39, 0.29) is 11.8 Å². The van der Waals surface area contributed by atoms with E-state index >= 15 is 0 Å². The van der Waals surface area contributed by atoms with Gasteiger partial charge in [-0.3, -0.25) is 14.5 Å². The van der Waals surface area contributed by atoms with Crippen LogP contribution in [0.2, 0.25) is 0 Å². The van der Waals surface area contributed by atoms with Gasteiger partial charge in [0.1, 0.15) is 5.75 Å². The van der Waals surface area contributed by atoms with Crippen LogP contribution in [0.3, 0.4) is 0 Å². The fraction of sp³-hybridized carbons (Fsp3) is 0.333. The molecule has 0 spiro atoms. The van der Waals surface area contributed by atoms with Gasteiger partial charge >= 0.3 is 0 Å². The van der Waals surface area contributed by atoms with Crippen LogP contribution in [-0.4, -0.2) is 89.4 Å². The number of amides is 2. The van der Waals surface area contributed by atoms with E-state index in [4.69, 9.17) is 9.47 Å². The summed E-state index contributed by atoms with van der Waals surface area (Å²) < 4.78 is 11.0. The summed E-state index contributed by atoms with van der Waals surface area (Å²) in [6, 6.07) is 27.3. The van der Waals surface area contributed by atoms with Crippen LogP contribution in [0.1, 0.15) is 27.1 Å². The molecule has 2 aliphatic rings. The number of nitrogens with zero attached hydrogens (tertiary/aromatic N) is 3. The monoisotopic (exact) mass is 607 g/mol. The van der Waals surface area contributed by atoms with E-state index < -0.39 is 0 Å². The lowest BCUT2D eigenvalue weighted by molar-refractivity contribution is 0.0374. The average molecular weight is 608 g/mol. The molecule has 0 unspecified atom stereocenters. The molecular weight excluding hydrogens is 566 g/mol. The molecular formula is C36H41N5O4. The van der Waals surface area contributed by atoms with Gasteiger partial charge in [0.2, 0.25) is 0 Å². The number of hydrogen-bond donors (Lipinski definition) is 2. The number of fused-ring (bicyclic) bond motifs is 1. The van der Waals surface area contributed by atoms with Crippen LogP contribution in [0.4, 0.5) is 17.1 Å². The van der Waals surface area contributed by atoms with Crippen LogP contribution in [0.5, 0.6) is 5.75 Å². The second-order valence-corrected chi connectivity index (χ2v) is 11.5. The fourth-order valence-electron chi connectivity index (χ4n) is 6.11. The third-order valence-corrected chi connectivity index (χ3v) is 8.60. The molecule has 2 N–H and O–H groups in total. The van der Waals surface area contributed by atoms with Crippen molar-refractivity contribution in [2.24, 2.45) is 0 Å². The van der Waals surface area contributed by atoms with E-state index in [2.05, 4.69) is 31.4 Å². The van der Waals surface area contributed by atoms with Gasteiger partial charge in [-0.2, -0.15) is 0 Å². The molecule has 4 aromatic rings. The lowest BCUT2D eigenvalue weighted by Crippen LogP contribution is -2.47. The van der Waals surface area contributed by atoms with Gasteiger partial charge in [-0.05, 0) is 66.2 Å². The molecule has 45 heavy (non-hydrogen) atoms. The number of carbonyl (C=O) groups excluding carboxylic acids is 2. The summed E-state index contributed by atoms with van der Waals surface area (Å²) in [4.78, 5) is 33.9. The molecule has 2 amide bonds. The van der Waals surface area contributed by atoms with Crippen LogP contribution >= 0.6 is 0 Å². The van der Waals surface area contributed by atoms with E-state index in [9.17, 15) is 9.59 Å². The highest BCUT2D eigenvalue weighted by Crippen LogP contribution is 2.31. The minimum atomic E-state index is -0.212. The summed E-state index contributed by atoms with van der Waals surface area (Å²) in [5.41, 5.74) is 3.65. The summed E-state index contributed by atoms with van der Waals surface area (Å²) in [6.45, 7) is 7.96. The molecule has 0 atom stereocenters. The minimum Gasteiger partial charge on any atom is -0.495 e. The lowest BCUT2D eigenvalue weighted by atomic mass is 10.1. The summed E-state index contributed by atoms with van der Waals surface area (Å²) in [7, 11) is 1.70. The Balaban J connectivity index is 1.17. The van der Waals surface area contributed by atoms with Gasteiger partial charge in [-0.25, -0.2) is 0 Å². The third kappa shape index (κ3) is 7.38. The molecule has 2 heterocycles. The molecule has 2 fully saturated rings. The van der Waals surface area contributed by atoms with Crippen molar-refractivity contribution in [3.05, 3.63) is 96.1 Å². The fourth-order valence-corrected chi connectivity index (χ4v) is 6.11. The van der Waals surface area contributed by atoms with Crippen LogP contribution in [0.15, 0.2) is 84.9 Å². The van der Waals surface area contributed by atoms with Crippen LogP contribution in [0.25, 0.3) is 10.8 Å². The normalized spacial score (nSPS) is 15.6. The molecule has 0 bridgehead atoms. The zero-order chi connectivity index (χ0) is 31.0. The number of morpholine rings is 1. The van der Waals surface area contributed by atoms with Crippen LogP contribution < -0.4 is 25.2 Å². The maximum atomic E-state index is 13.7. The largest absolute Gasteiger partial charge is 0.495 e. The highest BCUT2D eigenvalue weighted by atomic mass is 16.5. The summed E-state index contributed by atoms with van der Waals surface area (Å²) in [5, 5.41) is 8.24. The Morgan fingerprint density at radius 2 is 1.47 bits per heavy atom. The predicted octanol–water partition coefficient (Wildman–Crippen LogP) is 4.88. The van der Waals surface area contributed by atoms with Gasteiger partial charge in [0.05, 0.1) is 31.6 Å². The zero-order valence-corrected chi connectivity index (χ0v) is 25.8. The summed E-state index contributed by atoms with van der Waals surface area (Å²) in [5.74, 6) is 0.506. The van der Waals surface area contributed by atoms with E-state index in [1.54, 1.807) is 13.2 Å². The molecule has 0 aromatic heterocycles. The van der Waals surface area contributed by atoms with Crippen molar-refractivity contribution in [1.82, 2.24) is 10.2 Å². The Kier molecular flexibility index (Phi) is 9.77. The van der Waals surface area contributed by atoms with Gasteiger partial charge in [0.25, 0.3) is 11.8 Å². The number of ether oxygens (including phenoxy) is 2. The van der Waals surface area contributed by atoms with Crippen molar-refractivity contribution < 1.29 is 19.1 Å². The molecule has 0 saturated carbocycles. The van der Waals surface area contributed by atoms with Gasteiger partial charge in [0, 0.05) is 62.8 Å². The van der Waals surface area contributed by atoms with Crippen molar-refractivity contribution in [3.63, 3.8) is 0 Å². The first-order valence-electron chi connectivity index (χ1n) is 15.7. The predicted molar refractivity (Wildman–Crippen MR) is 180 cm³/mol. The maximum Gasteiger partial charge on any atom is 0.255 e. The smallest absolute Gasteiger partial charge is 0.255 e. The van der Waals surface area contributed by atoms with Gasteiger partial charge in [-0.15, -0.1) is 0 Å². The zero-order valence-electron chi connectivity index (χ0n) is 25.8. The lowest BCUT2D eigenvalue weighted by Gasteiger charge is -2.38. The van der Waals surface area contributed by atoms with E-state index in [0.717, 1.165) is 93.3 Å². The molecule has 2 saturated heterocycles. The van der Waals surface area contributed by atoms with Crippen molar-refractivity contribution in [1.29, 1.82) is 0 Å². The molecule has 234 valence electrons. The molecule has 4 aromatic carbocycles. The second kappa shape index (κ2) is 14.5. The number of methoxy groups -OCH3 is 1. The quantitative estimate of drug-likeness (QED) is 0.249. The van der Waals surface area contributed by atoms with Gasteiger partial charge in [-0.1, -0.05) is 42.5 Å². The number of carbonyl (C=O) groups is 2. The van der Waals surface area contributed by atoms with Crippen LogP contribution in [0, 0.1) is 0 Å². The average Bonchev–Trinajstić information content (AvgIpc) is 3.10. The maximum absolute atomic E-state index is 13.7. The number of benzene rings is 4. The number of para-hydroxylation sites is 2. The Morgan fingerprint density at radius 3 is 2.24 bits per heavy atom. The van der Waals surface area contributed by atoms with Crippen LogP contribution in [-0.2, 0) is 4.74 Å². The van der Waals surface area contributed by atoms with Crippen molar-refractivity contribution in [2.45, 2.75) is 6.42 Å². The van der Waals surface area contributed by atoms with E-state index in [1.165, 1.54) is 0 Å². The first-order chi connectivity index (χ1) is 22.1. The number of hydrogen-bond acceptors (Lipinski definition) is 7. The van der Waals surface area contributed by atoms with Crippen molar-refractivity contribution in [3.8, 4) is 5.75 Å². The SMILES string of the molecule is COc1ccccc1N1CCN(c2ccc(NC(=O)c3ccc4ccccc4c3)cc2C(=O)NCCCN2CCOCC2)CC1. The first-order valence-corrected chi connectivity index (χ1v) is 15.7. The number of nitrogens with one attached hydrogen (secondary N) is 2. The molecule has 0 radical (unpaired) electrons. The summed E-state index contributed by atoms with van der Waals surface area (Å²) in [6.07, 6.45) is 0.858. The molecule has 6 rings (SSSR count). The Morgan fingerprint density at radius 1 is 0.756 bits per heavy atom. The van der Waals surface area contributed by atoms with Crippen molar-refractivity contribution in [2.75, 3.05) is 87.8 Å². The molecule has 9 heteroatoms. The standard InChI is InChI=1S/C36H41N5O4/c1-44-34-10-5-4-9-33(34)41-19-17-40(18-20-41)32-14-13-30(38-35(42)29-12-11-27-7-2-3-8-28(27)25-29)26-31(32)36(43)37-15-6-16-39-21-23-45-24-22-39/h2-5,7-14,25-26H,6,15-24H2,1H3,(H,37,43)(H,38,42). The number of piperazine rings is 1. The molecule has 9 nitrogen and oxygen atoms in total. The minimum absolute atomic E-state index is 0.138. The van der Waals surface area contributed by atoms with Gasteiger partial charge < -0.3 is 29.9 Å².